The van der Waals surface area contributed by atoms with E-state index in [-0.39, 0.29) is 0 Å². The van der Waals surface area contributed by atoms with Crippen LogP contribution in [0.15, 0.2) is 0 Å². The van der Waals surface area contributed by atoms with E-state index >= 15 is 0 Å². The van der Waals surface area contributed by atoms with E-state index < -0.39 is 0 Å². The molecule has 3 atom stereocenters. The summed E-state index contributed by atoms with van der Waals surface area (Å²) in [6, 6.07) is 0.613. The molecule has 0 bridgehead atoms. The van der Waals surface area contributed by atoms with Crippen molar-refractivity contribution >= 4 is 11.8 Å². The Morgan fingerprint density at radius 3 is 2.65 bits per heavy atom. The lowest BCUT2D eigenvalue weighted by Crippen LogP contribution is -2.48. The first kappa shape index (κ1) is 15.3. The molecule has 3 unspecified atom stereocenters. The van der Waals surface area contributed by atoms with Crippen LogP contribution >= 0.6 is 11.8 Å². The van der Waals surface area contributed by atoms with Crippen molar-refractivity contribution in [3.05, 3.63) is 0 Å². The molecule has 2 N–H and O–H groups in total. The number of thioether (sulfide) groups is 1. The zero-order valence-corrected chi connectivity index (χ0v) is 12.6. The second-order valence-electron chi connectivity index (χ2n) is 5.38. The van der Waals surface area contributed by atoms with Crippen LogP contribution in [0.1, 0.15) is 40.0 Å². The molecule has 0 spiro atoms. The van der Waals surface area contributed by atoms with E-state index in [1.54, 1.807) is 0 Å². The average molecular weight is 258 g/mol. The Bertz CT molecular complexity index is 193. The molecular formula is C14H30N2S. The molecule has 102 valence electrons. The minimum Gasteiger partial charge on any atom is -0.329 e. The van der Waals surface area contributed by atoms with Crippen LogP contribution in [-0.4, -0.2) is 42.1 Å². The first-order valence-electron chi connectivity index (χ1n) is 7.24. The van der Waals surface area contributed by atoms with Gasteiger partial charge in [0.05, 0.1) is 0 Å². The summed E-state index contributed by atoms with van der Waals surface area (Å²) in [7, 11) is 0. The normalized spacial score (nSPS) is 24.9. The maximum Gasteiger partial charge on any atom is 0.0254 e. The van der Waals surface area contributed by atoms with E-state index in [9.17, 15) is 0 Å². The minimum absolute atomic E-state index is 0.613. The summed E-state index contributed by atoms with van der Waals surface area (Å²) in [6.07, 6.45) is 4.03. The highest BCUT2D eigenvalue weighted by Crippen LogP contribution is 2.28. The molecular weight excluding hydrogens is 228 g/mol. The molecule has 0 aromatic heterocycles. The smallest absolute Gasteiger partial charge is 0.0254 e. The van der Waals surface area contributed by atoms with Crippen LogP contribution in [0, 0.1) is 11.8 Å². The predicted octanol–water partition coefficient (Wildman–Crippen LogP) is 2.82. The third-order valence-corrected chi connectivity index (χ3v) is 5.34. The van der Waals surface area contributed by atoms with Crippen LogP contribution in [-0.2, 0) is 0 Å². The molecule has 0 radical (unpaired) electrons. The molecule has 0 aliphatic carbocycles. The standard InChI is InChI=1S/C14H30N2S/c1-4-12(3)10-16(5-2)14(9-15)13-7-6-8-17-11-13/h12-14H,4-11,15H2,1-3H3. The van der Waals surface area contributed by atoms with Gasteiger partial charge in [0.15, 0.2) is 0 Å². The largest absolute Gasteiger partial charge is 0.329 e. The molecule has 1 saturated heterocycles. The maximum atomic E-state index is 6.05. The van der Waals surface area contributed by atoms with Crippen molar-refractivity contribution in [2.75, 3.05) is 31.1 Å². The van der Waals surface area contributed by atoms with Crippen molar-refractivity contribution in [3.8, 4) is 0 Å². The lowest BCUT2D eigenvalue weighted by atomic mass is 9.93. The molecule has 0 saturated carbocycles. The first-order chi connectivity index (χ1) is 8.22. The number of rotatable bonds is 7. The fraction of sp³-hybridized carbons (Fsp3) is 1.00. The molecule has 17 heavy (non-hydrogen) atoms. The highest BCUT2D eigenvalue weighted by molar-refractivity contribution is 7.99. The summed E-state index contributed by atoms with van der Waals surface area (Å²) in [5.41, 5.74) is 6.05. The van der Waals surface area contributed by atoms with Gasteiger partial charge < -0.3 is 5.73 Å². The fourth-order valence-corrected chi connectivity index (χ4v) is 3.97. The summed E-state index contributed by atoms with van der Waals surface area (Å²) in [6.45, 7) is 10.1. The third-order valence-electron chi connectivity index (χ3n) is 4.10. The molecule has 3 heteroatoms. The maximum absolute atomic E-state index is 6.05. The van der Waals surface area contributed by atoms with Gasteiger partial charge in [0.2, 0.25) is 0 Å². The van der Waals surface area contributed by atoms with Crippen LogP contribution in [0.25, 0.3) is 0 Å². The SMILES string of the molecule is CCC(C)CN(CC)C(CN)C1CCCSC1. The van der Waals surface area contributed by atoms with E-state index in [4.69, 9.17) is 5.73 Å². The number of hydrogen-bond acceptors (Lipinski definition) is 3. The molecule has 1 fully saturated rings. The van der Waals surface area contributed by atoms with Gasteiger partial charge in [-0.15, -0.1) is 0 Å². The van der Waals surface area contributed by atoms with Crippen molar-refractivity contribution in [2.45, 2.75) is 46.1 Å². The van der Waals surface area contributed by atoms with E-state index in [2.05, 4.69) is 37.4 Å². The van der Waals surface area contributed by atoms with Gasteiger partial charge in [-0.25, -0.2) is 0 Å². The van der Waals surface area contributed by atoms with Crippen molar-refractivity contribution < 1.29 is 0 Å². The molecule has 0 aromatic carbocycles. The Hall–Kier alpha value is 0.270. The first-order valence-corrected chi connectivity index (χ1v) is 8.40. The highest BCUT2D eigenvalue weighted by Gasteiger charge is 2.27. The third kappa shape index (κ3) is 4.80. The average Bonchev–Trinajstić information content (AvgIpc) is 2.39. The number of nitrogens with zero attached hydrogens (tertiary/aromatic N) is 1. The van der Waals surface area contributed by atoms with Gasteiger partial charge in [-0.2, -0.15) is 11.8 Å². The van der Waals surface area contributed by atoms with Crippen molar-refractivity contribution in [1.29, 1.82) is 0 Å². The van der Waals surface area contributed by atoms with Crippen LogP contribution in [0.2, 0.25) is 0 Å². The van der Waals surface area contributed by atoms with Crippen LogP contribution in [0.4, 0.5) is 0 Å². The van der Waals surface area contributed by atoms with Crippen LogP contribution < -0.4 is 5.73 Å². The Kier molecular flexibility index (Phi) is 7.56. The van der Waals surface area contributed by atoms with Crippen LogP contribution in [0.5, 0.6) is 0 Å². The van der Waals surface area contributed by atoms with E-state index in [0.717, 1.165) is 24.9 Å². The fourth-order valence-electron chi connectivity index (χ4n) is 2.74. The van der Waals surface area contributed by atoms with E-state index in [0.29, 0.717) is 6.04 Å². The minimum atomic E-state index is 0.613. The Morgan fingerprint density at radius 1 is 1.41 bits per heavy atom. The predicted molar refractivity (Wildman–Crippen MR) is 79.6 cm³/mol. The summed E-state index contributed by atoms with van der Waals surface area (Å²) in [4.78, 5) is 2.63. The summed E-state index contributed by atoms with van der Waals surface area (Å²) < 4.78 is 0. The molecule has 1 rings (SSSR count). The molecule has 0 amide bonds. The van der Waals surface area contributed by atoms with Gasteiger partial charge in [-0.1, -0.05) is 27.2 Å². The zero-order valence-electron chi connectivity index (χ0n) is 11.8. The molecule has 1 heterocycles. The number of nitrogens with two attached hydrogens (primary N) is 1. The van der Waals surface area contributed by atoms with Gasteiger partial charge in [-0.05, 0) is 42.7 Å². The van der Waals surface area contributed by atoms with E-state index in [1.165, 1.54) is 37.3 Å². The second kappa shape index (κ2) is 8.39. The Balaban J connectivity index is 2.54. The van der Waals surface area contributed by atoms with Crippen LogP contribution in [0.3, 0.4) is 0 Å². The van der Waals surface area contributed by atoms with Crippen molar-refractivity contribution in [2.24, 2.45) is 17.6 Å². The molecule has 0 aromatic rings. The van der Waals surface area contributed by atoms with Gasteiger partial charge in [0, 0.05) is 19.1 Å². The molecule has 2 nitrogen and oxygen atoms in total. The van der Waals surface area contributed by atoms with Gasteiger partial charge in [0.1, 0.15) is 0 Å². The number of hydrogen-bond donors (Lipinski definition) is 1. The lowest BCUT2D eigenvalue weighted by molar-refractivity contribution is 0.135. The summed E-state index contributed by atoms with van der Waals surface area (Å²) in [5, 5.41) is 0. The van der Waals surface area contributed by atoms with Gasteiger partial charge >= 0.3 is 0 Å². The van der Waals surface area contributed by atoms with Crippen molar-refractivity contribution in [1.82, 2.24) is 4.90 Å². The van der Waals surface area contributed by atoms with E-state index in [1.807, 2.05) is 0 Å². The highest BCUT2D eigenvalue weighted by atomic mass is 32.2. The molecule has 1 aliphatic heterocycles. The summed E-state index contributed by atoms with van der Waals surface area (Å²) >= 11 is 2.12. The topological polar surface area (TPSA) is 29.3 Å². The second-order valence-corrected chi connectivity index (χ2v) is 6.53. The Labute approximate surface area is 112 Å². The monoisotopic (exact) mass is 258 g/mol. The lowest BCUT2D eigenvalue weighted by Gasteiger charge is -2.38. The Morgan fingerprint density at radius 2 is 2.18 bits per heavy atom. The molecule has 1 aliphatic rings. The zero-order chi connectivity index (χ0) is 12.7. The van der Waals surface area contributed by atoms with Crippen molar-refractivity contribution in [3.63, 3.8) is 0 Å². The van der Waals surface area contributed by atoms with Gasteiger partial charge in [0.25, 0.3) is 0 Å². The quantitative estimate of drug-likeness (QED) is 0.761. The van der Waals surface area contributed by atoms with Gasteiger partial charge in [-0.3, -0.25) is 4.90 Å². The number of likely N-dealkylation sites (N-methyl/N-ethyl adjacent to an activating group) is 1. The summed E-state index contributed by atoms with van der Waals surface area (Å²) in [5.74, 6) is 4.28.